The van der Waals surface area contributed by atoms with Gasteiger partial charge in [0, 0.05) is 0 Å². The van der Waals surface area contributed by atoms with Gasteiger partial charge in [-0.3, -0.25) is 0 Å². The van der Waals surface area contributed by atoms with Gasteiger partial charge < -0.3 is 0 Å². The summed E-state index contributed by atoms with van der Waals surface area (Å²) < 4.78 is 0. The zero-order valence-corrected chi connectivity index (χ0v) is 13.0. The second-order valence-electron chi connectivity index (χ2n) is 7.83. The molecule has 0 bridgehead atoms. The lowest BCUT2D eigenvalue weighted by atomic mass is 9.72. The van der Waals surface area contributed by atoms with Crippen molar-refractivity contribution in [3.05, 3.63) is 11.6 Å². The van der Waals surface area contributed by atoms with Gasteiger partial charge in [-0.15, -0.1) is 0 Å². The SMILES string of the molecule is CC1=CC(C2CCCCC2)CC1C1CCC(C)CC1. The molecule has 0 radical (unpaired) electrons. The van der Waals surface area contributed by atoms with Crippen molar-refractivity contribution in [2.75, 3.05) is 0 Å². The summed E-state index contributed by atoms with van der Waals surface area (Å²) in [5, 5.41) is 0. The van der Waals surface area contributed by atoms with E-state index in [9.17, 15) is 0 Å². The normalized spacial score (nSPS) is 41.3. The van der Waals surface area contributed by atoms with Gasteiger partial charge in [0.1, 0.15) is 0 Å². The Bertz CT molecular complexity index is 313. The number of allylic oxidation sites excluding steroid dienone is 2. The third kappa shape index (κ3) is 3.09. The van der Waals surface area contributed by atoms with E-state index in [1.807, 2.05) is 0 Å². The molecular formula is C19H32. The molecule has 0 amide bonds. The van der Waals surface area contributed by atoms with Crippen LogP contribution in [0.1, 0.15) is 78.1 Å². The molecule has 2 saturated carbocycles. The van der Waals surface area contributed by atoms with E-state index in [0.29, 0.717) is 0 Å². The van der Waals surface area contributed by atoms with E-state index >= 15 is 0 Å². The summed E-state index contributed by atoms with van der Waals surface area (Å²) in [7, 11) is 0. The molecule has 2 fully saturated rings. The molecule has 19 heavy (non-hydrogen) atoms. The van der Waals surface area contributed by atoms with Gasteiger partial charge in [0.15, 0.2) is 0 Å². The van der Waals surface area contributed by atoms with Crippen LogP contribution in [0.15, 0.2) is 11.6 Å². The first-order valence-electron chi connectivity index (χ1n) is 8.92. The highest BCUT2D eigenvalue weighted by Crippen LogP contribution is 2.46. The highest BCUT2D eigenvalue weighted by molar-refractivity contribution is 5.16. The highest BCUT2D eigenvalue weighted by atomic mass is 14.4. The maximum atomic E-state index is 2.69. The molecule has 108 valence electrons. The van der Waals surface area contributed by atoms with Gasteiger partial charge in [0.05, 0.1) is 0 Å². The van der Waals surface area contributed by atoms with E-state index in [0.717, 1.165) is 29.6 Å². The van der Waals surface area contributed by atoms with E-state index in [1.54, 1.807) is 5.57 Å². The van der Waals surface area contributed by atoms with E-state index < -0.39 is 0 Å². The molecule has 0 saturated heterocycles. The van der Waals surface area contributed by atoms with Crippen molar-refractivity contribution in [1.82, 2.24) is 0 Å². The van der Waals surface area contributed by atoms with Gasteiger partial charge in [0.25, 0.3) is 0 Å². The minimum Gasteiger partial charge on any atom is -0.0819 e. The Hall–Kier alpha value is -0.260. The molecule has 0 heterocycles. The van der Waals surface area contributed by atoms with Gasteiger partial charge in [-0.05, 0) is 68.6 Å². The molecule has 2 unspecified atom stereocenters. The quantitative estimate of drug-likeness (QED) is 0.536. The minimum absolute atomic E-state index is 0.949. The molecule has 0 nitrogen and oxygen atoms in total. The van der Waals surface area contributed by atoms with Gasteiger partial charge >= 0.3 is 0 Å². The molecule has 3 aliphatic carbocycles. The average molecular weight is 260 g/mol. The van der Waals surface area contributed by atoms with Crippen LogP contribution in [0.5, 0.6) is 0 Å². The predicted octanol–water partition coefficient (Wildman–Crippen LogP) is 5.98. The Kier molecular flexibility index (Phi) is 4.34. The van der Waals surface area contributed by atoms with E-state index in [-0.39, 0.29) is 0 Å². The molecule has 2 atom stereocenters. The number of hydrogen-bond donors (Lipinski definition) is 0. The Labute approximate surface area is 120 Å². The Balaban J connectivity index is 1.58. The molecule has 3 rings (SSSR count). The molecule has 0 aromatic rings. The van der Waals surface area contributed by atoms with Crippen LogP contribution >= 0.6 is 0 Å². The first-order chi connectivity index (χ1) is 9.24. The summed E-state index contributed by atoms with van der Waals surface area (Å²) >= 11 is 0. The van der Waals surface area contributed by atoms with Crippen molar-refractivity contribution in [3.63, 3.8) is 0 Å². The summed E-state index contributed by atoms with van der Waals surface area (Å²) in [6.07, 6.45) is 17.7. The van der Waals surface area contributed by atoms with Crippen LogP contribution in [-0.4, -0.2) is 0 Å². The first kappa shape index (κ1) is 13.7. The maximum absolute atomic E-state index is 2.69. The van der Waals surface area contributed by atoms with Crippen molar-refractivity contribution < 1.29 is 0 Å². The van der Waals surface area contributed by atoms with E-state index in [1.165, 1.54) is 64.2 Å². The Morgan fingerprint density at radius 3 is 2.21 bits per heavy atom. The fourth-order valence-corrected chi connectivity index (χ4v) is 5.15. The summed E-state index contributed by atoms with van der Waals surface area (Å²) in [5.74, 6) is 4.97. The highest BCUT2D eigenvalue weighted by Gasteiger charge is 2.35. The molecule has 0 spiro atoms. The molecule has 0 aromatic carbocycles. The van der Waals surface area contributed by atoms with Crippen molar-refractivity contribution in [2.24, 2.45) is 29.6 Å². The third-order valence-corrected chi connectivity index (χ3v) is 6.47. The van der Waals surface area contributed by atoms with Crippen LogP contribution in [0, 0.1) is 29.6 Å². The van der Waals surface area contributed by atoms with Crippen LogP contribution in [-0.2, 0) is 0 Å². The molecule has 0 aliphatic heterocycles. The summed E-state index contributed by atoms with van der Waals surface area (Å²) in [4.78, 5) is 0. The largest absolute Gasteiger partial charge is 0.0819 e. The lowest BCUT2D eigenvalue weighted by Crippen LogP contribution is -2.22. The van der Waals surface area contributed by atoms with Crippen molar-refractivity contribution >= 4 is 0 Å². The molecule has 0 aromatic heterocycles. The van der Waals surface area contributed by atoms with Crippen molar-refractivity contribution in [3.8, 4) is 0 Å². The molecular weight excluding hydrogens is 228 g/mol. The van der Waals surface area contributed by atoms with Crippen LogP contribution in [0.4, 0.5) is 0 Å². The Morgan fingerprint density at radius 2 is 1.53 bits per heavy atom. The first-order valence-corrected chi connectivity index (χ1v) is 8.92. The topological polar surface area (TPSA) is 0 Å². The smallest absolute Gasteiger partial charge is 0.0172 e. The average Bonchev–Trinajstić information content (AvgIpc) is 2.83. The minimum atomic E-state index is 0.949. The van der Waals surface area contributed by atoms with Crippen LogP contribution in [0.2, 0.25) is 0 Å². The van der Waals surface area contributed by atoms with Crippen LogP contribution in [0.25, 0.3) is 0 Å². The molecule has 3 aliphatic rings. The second-order valence-corrected chi connectivity index (χ2v) is 7.83. The second kappa shape index (κ2) is 6.02. The fourth-order valence-electron chi connectivity index (χ4n) is 5.15. The van der Waals surface area contributed by atoms with Crippen molar-refractivity contribution in [2.45, 2.75) is 78.1 Å². The molecule has 0 N–H and O–H groups in total. The fraction of sp³-hybridized carbons (Fsp3) is 0.895. The van der Waals surface area contributed by atoms with Gasteiger partial charge in [-0.2, -0.15) is 0 Å². The van der Waals surface area contributed by atoms with E-state index in [4.69, 9.17) is 0 Å². The lowest BCUT2D eigenvalue weighted by molar-refractivity contribution is 0.202. The van der Waals surface area contributed by atoms with Crippen molar-refractivity contribution in [1.29, 1.82) is 0 Å². The number of hydrogen-bond acceptors (Lipinski definition) is 0. The van der Waals surface area contributed by atoms with Gasteiger partial charge in [-0.1, -0.05) is 50.7 Å². The third-order valence-electron chi connectivity index (χ3n) is 6.47. The van der Waals surface area contributed by atoms with Gasteiger partial charge in [0.2, 0.25) is 0 Å². The zero-order chi connectivity index (χ0) is 13.2. The zero-order valence-electron chi connectivity index (χ0n) is 13.0. The maximum Gasteiger partial charge on any atom is -0.0172 e. The van der Waals surface area contributed by atoms with Crippen LogP contribution in [0.3, 0.4) is 0 Å². The summed E-state index contributed by atoms with van der Waals surface area (Å²) in [6.45, 7) is 4.88. The monoisotopic (exact) mass is 260 g/mol. The Morgan fingerprint density at radius 1 is 0.842 bits per heavy atom. The standard InChI is InChI=1S/C19H32/c1-14-8-10-17(11-9-14)19-13-18(12-15(19)2)16-6-4-3-5-7-16/h12,14,16-19H,3-11,13H2,1-2H3. The van der Waals surface area contributed by atoms with Crippen LogP contribution < -0.4 is 0 Å². The number of rotatable bonds is 2. The van der Waals surface area contributed by atoms with Gasteiger partial charge in [-0.25, -0.2) is 0 Å². The predicted molar refractivity (Wildman–Crippen MR) is 83.1 cm³/mol. The summed E-state index contributed by atoms with van der Waals surface area (Å²) in [6, 6.07) is 0. The lowest BCUT2D eigenvalue weighted by Gasteiger charge is -2.33. The molecule has 0 heteroatoms. The van der Waals surface area contributed by atoms with E-state index in [2.05, 4.69) is 19.9 Å². The summed E-state index contributed by atoms with van der Waals surface area (Å²) in [5.41, 5.74) is 1.76.